The van der Waals surface area contributed by atoms with E-state index in [1.165, 1.54) is 4.31 Å². The van der Waals surface area contributed by atoms with E-state index in [4.69, 9.17) is 0 Å². The van der Waals surface area contributed by atoms with E-state index in [1.54, 1.807) is 13.1 Å². The van der Waals surface area contributed by atoms with Crippen LogP contribution in [0.2, 0.25) is 0 Å². The van der Waals surface area contributed by atoms with Crippen molar-refractivity contribution in [1.82, 2.24) is 4.31 Å². The van der Waals surface area contributed by atoms with Gasteiger partial charge in [0.1, 0.15) is 0 Å². The number of aryl methyl sites for hydroxylation is 1. The molecule has 0 saturated carbocycles. The summed E-state index contributed by atoms with van der Waals surface area (Å²) in [5.41, 5.74) is 3.06. The van der Waals surface area contributed by atoms with E-state index < -0.39 is 10.0 Å². The zero-order valence-corrected chi connectivity index (χ0v) is 12.8. The zero-order valence-electron chi connectivity index (χ0n) is 12.0. The molecule has 0 aromatic heterocycles. The second kappa shape index (κ2) is 5.13. The van der Waals surface area contributed by atoms with Gasteiger partial charge in [-0.25, -0.2) is 8.42 Å². The Balaban J connectivity index is 2.58. The second-order valence-corrected chi connectivity index (χ2v) is 7.35. The molecule has 0 unspecified atom stereocenters. The molecule has 0 fully saturated rings. The number of hydrogen-bond acceptors (Lipinski definition) is 3. The Morgan fingerprint density at radius 2 is 2.00 bits per heavy atom. The van der Waals surface area contributed by atoms with Crippen molar-refractivity contribution < 1.29 is 8.42 Å². The zero-order chi connectivity index (χ0) is 14.2. The number of hydrogen-bond donors (Lipinski definition) is 1. The summed E-state index contributed by atoms with van der Waals surface area (Å²) in [6.45, 7) is 6.70. The minimum absolute atomic E-state index is 0.0431. The first kappa shape index (κ1) is 14.3. The van der Waals surface area contributed by atoms with Crippen molar-refractivity contribution in [3.05, 3.63) is 23.3 Å². The maximum Gasteiger partial charge on any atom is 0.243 e. The van der Waals surface area contributed by atoms with Gasteiger partial charge in [0.05, 0.1) is 4.90 Å². The number of rotatable bonds is 3. The monoisotopic (exact) mass is 282 g/mol. The lowest BCUT2D eigenvalue weighted by molar-refractivity contribution is 0.410. The molecule has 1 aromatic carbocycles. The van der Waals surface area contributed by atoms with Crippen molar-refractivity contribution in [2.45, 2.75) is 44.6 Å². The van der Waals surface area contributed by atoms with E-state index >= 15 is 0 Å². The Bertz CT molecular complexity index is 579. The summed E-state index contributed by atoms with van der Waals surface area (Å²) in [4.78, 5) is 0.455. The number of nitrogens with zero attached hydrogens (tertiary/aromatic N) is 1. The Morgan fingerprint density at radius 1 is 1.32 bits per heavy atom. The molecule has 5 heteroatoms. The van der Waals surface area contributed by atoms with E-state index in [2.05, 4.69) is 5.32 Å². The summed E-state index contributed by atoms with van der Waals surface area (Å²) in [6, 6.07) is 3.59. The van der Waals surface area contributed by atoms with Gasteiger partial charge in [0, 0.05) is 25.3 Å². The quantitative estimate of drug-likeness (QED) is 0.926. The molecule has 0 aliphatic carbocycles. The van der Waals surface area contributed by atoms with Crippen molar-refractivity contribution in [2.24, 2.45) is 0 Å². The summed E-state index contributed by atoms with van der Waals surface area (Å²) in [7, 11) is -1.76. The van der Waals surface area contributed by atoms with Crippen LogP contribution in [0.3, 0.4) is 0 Å². The lowest BCUT2D eigenvalue weighted by Gasteiger charge is -2.27. The van der Waals surface area contributed by atoms with Crippen molar-refractivity contribution in [3.8, 4) is 0 Å². The minimum atomic E-state index is -3.40. The molecule has 4 nitrogen and oxygen atoms in total. The highest BCUT2D eigenvalue weighted by atomic mass is 32.2. The largest absolute Gasteiger partial charge is 0.385 e. The molecule has 19 heavy (non-hydrogen) atoms. The fourth-order valence-electron chi connectivity index (χ4n) is 2.39. The number of fused-ring (bicyclic) bond motifs is 1. The summed E-state index contributed by atoms with van der Waals surface area (Å²) in [5, 5.41) is 3.33. The normalized spacial score (nSPS) is 15.5. The number of nitrogens with one attached hydrogen (secondary N) is 1. The molecule has 1 N–H and O–H groups in total. The second-order valence-electron chi connectivity index (χ2n) is 5.38. The summed E-state index contributed by atoms with van der Waals surface area (Å²) in [5.74, 6) is 0. The van der Waals surface area contributed by atoms with Crippen LogP contribution in [0.5, 0.6) is 0 Å². The van der Waals surface area contributed by atoms with E-state index in [1.807, 2.05) is 26.8 Å². The van der Waals surface area contributed by atoms with Gasteiger partial charge in [-0.1, -0.05) is 6.07 Å². The highest BCUT2D eigenvalue weighted by molar-refractivity contribution is 7.89. The first-order valence-electron chi connectivity index (χ1n) is 6.70. The fourth-order valence-corrected chi connectivity index (χ4v) is 4.01. The number of benzene rings is 1. The topological polar surface area (TPSA) is 49.4 Å². The lowest BCUT2D eigenvalue weighted by Crippen LogP contribution is -2.34. The molecule has 1 aliphatic heterocycles. The van der Waals surface area contributed by atoms with Gasteiger partial charge < -0.3 is 5.32 Å². The van der Waals surface area contributed by atoms with E-state index in [0.717, 1.165) is 36.2 Å². The average Bonchev–Trinajstić information content (AvgIpc) is 2.38. The van der Waals surface area contributed by atoms with Crippen molar-refractivity contribution in [2.75, 3.05) is 18.9 Å². The van der Waals surface area contributed by atoms with E-state index in [0.29, 0.717) is 4.90 Å². The highest BCUT2D eigenvalue weighted by Gasteiger charge is 2.28. The molecule has 0 saturated heterocycles. The predicted molar refractivity (Wildman–Crippen MR) is 78.1 cm³/mol. The van der Waals surface area contributed by atoms with Crippen LogP contribution in [0.15, 0.2) is 17.0 Å². The molecule has 0 bridgehead atoms. The van der Waals surface area contributed by atoms with Gasteiger partial charge in [0.2, 0.25) is 10.0 Å². The molecule has 1 aliphatic rings. The van der Waals surface area contributed by atoms with Crippen LogP contribution in [-0.2, 0) is 16.4 Å². The minimum Gasteiger partial charge on any atom is -0.385 e. The summed E-state index contributed by atoms with van der Waals surface area (Å²) < 4.78 is 26.7. The van der Waals surface area contributed by atoms with Gasteiger partial charge in [-0.05, 0) is 50.8 Å². The molecule has 0 radical (unpaired) electrons. The van der Waals surface area contributed by atoms with Crippen LogP contribution in [0, 0.1) is 6.92 Å². The molecule has 106 valence electrons. The Kier molecular flexibility index (Phi) is 3.87. The third-order valence-corrected chi connectivity index (χ3v) is 5.89. The van der Waals surface area contributed by atoms with Crippen molar-refractivity contribution in [1.29, 1.82) is 0 Å². The molecular weight excluding hydrogens is 260 g/mol. The maximum absolute atomic E-state index is 12.7. The third kappa shape index (κ3) is 2.49. The van der Waals surface area contributed by atoms with Crippen LogP contribution in [-0.4, -0.2) is 32.4 Å². The SMILES string of the molecule is Cc1ccc(S(=O)(=O)N(C)C(C)C)c2c1NCCC2. The van der Waals surface area contributed by atoms with Crippen LogP contribution in [0.25, 0.3) is 0 Å². The highest BCUT2D eigenvalue weighted by Crippen LogP contribution is 2.33. The van der Waals surface area contributed by atoms with Gasteiger partial charge >= 0.3 is 0 Å². The first-order chi connectivity index (χ1) is 8.85. The molecule has 2 rings (SSSR count). The summed E-state index contributed by atoms with van der Waals surface area (Å²) >= 11 is 0. The molecule has 1 heterocycles. The van der Waals surface area contributed by atoms with Crippen LogP contribution in [0.1, 0.15) is 31.4 Å². The Labute approximate surface area is 115 Å². The number of anilines is 1. The summed E-state index contributed by atoms with van der Waals surface area (Å²) in [6.07, 6.45) is 1.80. The average molecular weight is 282 g/mol. The van der Waals surface area contributed by atoms with Gasteiger partial charge in [-0.2, -0.15) is 4.31 Å². The van der Waals surface area contributed by atoms with E-state index in [-0.39, 0.29) is 6.04 Å². The smallest absolute Gasteiger partial charge is 0.243 e. The van der Waals surface area contributed by atoms with Gasteiger partial charge in [0.25, 0.3) is 0 Å². The molecule has 0 spiro atoms. The van der Waals surface area contributed by atoms with Crippen LogP contribution < -0.4 is 5.32 Å². The van der Waals surface area contributed by atoms with E-state index in [9.17, 15) is 8.42 Å². The van der Waals surface area contributed by atoms with Crippen LogP contribution in [0.4, 0.5) is 5.69 Å². The molecule has 0 amide bonds. The molecular formula is C14H22N2O2S. The van der Waals surface area contributed by atoms with Gasteiger partial charge in [-0.15, -0.1) is 0 Å². The Morgan fingerprint density at radius 3 is 2.63 bits per heavy atom. The fraction of sp³-hybridized carbons (Fsp3) is 0.571. The van der Waals surface area contributed by atoms with Crippen molar-refractivity contribution >= 4 is 15.7 Å². The van der Waals surface area contributed by atoms with Gasteiger partial charge in [-0.3, -0.25) is 0 Å². The van der Waals surface area contributed by atoms with Gasteiger partial charge in [0.15, 0.2) is 0 Å². The Hall–Kier alpha value is -1.07. The number of sulfonamides is 1. The third-order valence-electron chi connectivity index (χ3n) is 3.77. The predicted octanol–water partition coefficient (Wildman–Crippen LogP) is 2.38. The standard InChI is InChI=1S/C14H22N2O2S/c1-10(2)16(4)19(17,18)13-8-7-11(3)14-12(13)6-5-9-15-14/h7-8,10,15H,5-6,9H2,1-4H3. The lowest BCUT2D eigenvalue weighted by atomic mass is 10.00. The van der Waals surface area contributed by atoms with Crippen LogP contribution >= 0.6 is 0 Å². The first-order valence-corrected chi connectivity index (χ1v) is 8.14. The maximum atomic E-state index is 12.7. The van der Waals surface area contributed by atoms with Crippen molar-refractivity contribution in [3.63, 3.8) is 0 Å². The molecule has 1 aromatic rings. The molecule has 0 atom stereocenters.